The molecule has 3 rings (SSSR count). The van der Waals surface area contributed by atoms with E-state index in [2.05, 4.69) is 5.32 Å². The standard InChI is InChI=1S/C21H24N2O7S/c1-28-16-10-13(11-17(29-2)20(16)30-12-19(22)24)21(25)23-15-7-5-9-31(26,27)18-8-4-3-6-14(15)18/h3-4,6,8,10-11,15H,5,7,9,12H2,1-2H3,(H2,22,24)(H,23,25)/t15-/m1/s1. The van der Waals surface area contributed by atoms with E-state index in [4.69, 9.17) is 19.9 Å². The first kappa shape index (κ1) is 22.4. The summed E-state index contributed by atoms with van der Waals surface area (Å²) in [4.78, 5) is 24.3. The molecule has 1 aliphatic rings. The SMILES string of the molecule is COc1cc(C(=O)N[C@@H]2CCCS(=O)(=O)c3ccccc32)cc(OC)c1OCC(N)=O. The average Bonchev–Trinajstić information content (AvgIpc) is 2.87. The molecule has 2 aromatic rings. The van der Waals surface area contributed by atoms with Gasteiger partial charge in [-0.15, -0.1) is 0 Å². The molecule has 0 saturated carbocycles. The van der Waals surface area contributed by atoms with Crippen molar-refractivity contribution in [1.82, 2.24) is 5.32 Å². The molecule has 1 heterocycles. The molecule has 2 aromatic carbocycles. The topological polar surface area (TPSA) is 134 Å². The van der Waals surface area contributed by atoms with Crippen LogP contribution in [0, 0.1) is 0 Å². The highest BCUT2D eigenvalue weighted by Crippen LogP contribution is 2.39. The number of carbonyl (C=O) groups excluding carboxylic acids is 2. The number of nitrogens with two attached hydrogens (primary N) is 1. The molecule has 0 aromatic heterocycles. The van der Waals surface area contributed by atoms with Gasteiger partial charge in [0.25, 0.3) is 11.8 Å². The third kappa shape index (κ3) is 4.91. The summed E-state index contributed by atoms with van der Waals surface area (Å²) in [6.07, 6.45) is 0.907. The van der Waals surface area contributed by atoms with Gasteiger partial charge in [-0.2, -0.15) is 0 Å². The summed E-state index contributed by atoms with van der Waals surface area (Å²) in [6, 6.07) is 9.12. The summed E-state index contributed by atoms with van der Waals surface area (Å²) in [6.45, 7) is -0.383. The van der Waals surface area contributed by atoms with Crippen molar-refractivity contribution in [2.75, 3.05) is 26.6 Å². The minimum absolute atomic E-state index is 0.0317. The van der Waals surface area contributed by atoms with Gasteiger partial charge in [0.1, 0.15) is 0 Å². The van der Waals surface area contributed by atoms with Crippen molar-refractivity contribution < 1.29 is 32.2 Å². The Morgan fingerprint density at radius 3 is 2.39 bits per heavy atom. The minimum Gasteiger partial charge on any atom is -0.493 e. The Hall–Kier alpha value is -3.27. The summed E-state index contributed by atoms with van der Waals surface area (Å²) in [5, 5.41) is 2.91. The minimum atomic E-state index is -3.40. The van der Waals surface area contributed by atoms with Gasteiger partial charge in [0.2, 0.25) is 5.75 Å². The van der Waals surface area contributed by atoms with E-state index in [9.17, 15) is 18.0 Å². The number of nitrogens with one attached hydrogen (secondary N) is 1. The lowest BCUT2D eigenvalue weighted by atomic mass is 10.0. The number of ether oxygens (including phenoxy) is 3. The quantitative estimate of drug-likeness (QED) is 0.657. The zero-order chi connectivity index (χ0) is 22.6. The van der Waals surface area contributed by atoms with E-state index in [0.29, 0.717) is 18.4 Å². The van der Waals surface area contributed by atoms with Crippen LogP contribution in [0.15, 0.2) is 41.3 Å². The molecule has 166 valence electrons. The molecule has 1 atom stereocenters. The van der Waals surface area contributed by atoms with Gasteiger partial charge in [-0.3, -0.25) is 9.59 Å². The average molecular weight is 448 g/mol. The zero-order valence-electron chi connectivity index (χ0n) is 17.2. The van der Waals surface area contributed by atoms with Crippen LogP contribution < -0.4 is 25.3 Å². The highest BCUT2D eigenvalue weighted by atomic mass is 32.2. The maximum Gasteiger partial charge on any atom is 0.255 e. The fourth-order valence-electron chi connectivity index (χ4n) is 3.48. The van der Waals surface area contributed by atoms with Gasteiger partial charge < -0.3 is 25.3 Å². The number of benzene rings is 2. The van der Waals surface area contributed by atoms with Crippen LogP contribution in [0.5, 0.6) is 17.2 Å². The normalized spacial score (nSPS) is 17.0. The predicted molar refractivity (Wildman–Crippen MR) is 112 cm³/mol. The molecular weight excluding hydrogens is 424 g/mol. The summed E-state index contributed by atoms with van der Waals surface area (Å²) in [5.41, 5.74) is 5.91. The van der Waals surface area contributed by atoms with E-state index in [1.807, 2.05) is 0 Å². The molecule has 0 spiro atoms. The molecule has 0 fully saturated rings. The maximum absolute atomic E-state index is 13.0. The van der Waals surface area contributed by atoms with Gasteiger partial charge >= 0.3 is 0 Å². The maximum atomic E-state index is 13.0. The van der Waals surface area contributed by atoms with Gasteiger partial charge in [0.05, 0.1) is 30.9 Å². The molecule has 0 unspecified atom stereocenters. The van der Waals surface area contributed by atoms with Crippen LogP contribution in [0.25, 0.3) is 0 Å². The molecule has 0 bridgehead atoms. The van der Waals surface area contributed by atoms with E-state index in [-0.39, 0.29) is 40.1 Å². The van der Waals surface area contributed by atoms with E-state index < -0.39 is 27.7 Å². The van der Waals surface area contributed by atoms with E-state index >= 15 is 0 Å². The van der Waals surface area contributed by atoms with Gasteiger partial charge in [0, 0.05) is 5.56 Å². The molecule has 2 amide bonds. The van der Waals surface area contributed by atoms with Crippen molar-refractivity contribution in [3.05, 3.63) is 47.5 Å². The number of rotatable bonds is 7. The Kier molecular flexibility index (Phi) is 6.69. The summed E-state index contributed by atoms with van der Waals surface area (Å²) in [7, 11) is -0.620. The second-order valence-corrected chi connectivity index (χ2v) is 9.07. The van der Waals surface area contributed by atoms with Crippen molar-refractivity contribution in [3.8, 4) is 17.2 Å². The first-order chi connectivity index (χ1) is 14.8. The van der Waals surface area contributed by atoms with Crippen molar-refractivity contribution >= 4 is 21.7 Å². The van der Waals surface area contributed by atoms with Crippen LogP contribution in [0.4, 0.5) is 0 Å². The Morgan fingerprint density at radius 2 is 1.77 bits per heavy atom. The molecule has 10 heteroatoms. The molecule has 31 heavy (non-hydrogen) atoms. The van der Waals surface area contributed by atoms with Crippen LogP contribution >= 0.6 is 0 Å². The number of amides is 2. The fourth-order valence-corrected chi connectivity index (χ4v) is 5.10. The van der Waals surface area contributed by atoms with E-state index in [0.717, 1.165) is 0 Å². The molecule has 1 aliphatic heterocycles. The Morgan fingerprint density at radius 1 is 1.13 bits per heavy atom. The molecular formula is C21H24N2O7S. The number of sulfone groups is 1. The summed E-state index contributed by atoms with van der Waals surface area (Å²) in [5.74, 6) is -0.551. The first-order valence-electron chi connectivity index (χ1n) is 9.56. The third-order valence-electron chi connectivity index (χ3n) is 4.92. The molecule has 0 saturated heterocycles. The highest BCUT2D eigenvalue weighted by molar-refractivity contribution is 7.91. The predicted octanol–water partition coefficient (Wildman–Crippen LogP) is 1.61. The van der Waals surface area contributed by atoms with E-state index in [1.54, 1.807) is 24.3 Å². The second-order valence-electron chi connectivity index (χ2n) is 6.99. The smallest absolute Gasteiger partial charge is 0.255 e. The monoisotopic (exact) mass is 448 g/mol. The highest BCUT2D eigenvalue weighted by Gasteiger charge is 2.29. The number of carbonyl (C=O) groups is 2. The lowest BCUT2D eigenvalue weighted by Crippen LogP contribution is -2.29. The number of hydrogen-bond acceptors (Lipinski definition) is 7. The molecule has 3 N–H and O–H groups in total. The van der Waals surface area contributed by atoms with Crippen LogP contribution in [0.1, 0.15) is 34.8 Å². The largest absolute Gasteiger partial charge is 0.493 e. The fraction of sp³-hybridized carbons (Fsp3) is 0.333. The first-order valence-corrected chi connectivity index (χ1v) is 11.2. The molecule has 0 aliphatic carbocycles. The van der Waals surface area contributed by atoms with Crippen molar-refractivity contribution in [3.63, 3.8) is 0 Å². The van der Waals surface area contributed by atoms with Gasteiger partial charge in [0.15, 0.2) is 27.9 Å². The zero-order valence-corrected chi connectivity index (χ0v) is 18.0. The molecule has 0 radical (unpaired) electrons. The van der Waals surface area contributed by atoms with Crippen LogP contribution in [-0.2, 0) is 14.6 Å². The van der Waals surface area contributed by atoms with E-state index in [1.165, 1.54) is 26.4 Å². The van der Waals surface area contributed by atoms with Gasteiger partial charge in [-0.1, -0.05) is 18.2 Å². The van der Waals surface area contributed by atoms with Gasteiger partial charge in [-0.25, -0.2) is 8.42 Å². The third-order valence-corrected chi connectivity index (χ3v) is 6.79. The van der Waals surface area contributed by atoms with Crippen LogP contribution in [0.3, 0.4) is 0 Å². The van der Waals surface area contributed by atoms with Crippen LogP contribution in [0.2, 0.25) is 0 Å². The lowest BCUT2D eigenvalue weighted by molar-refractivity contribution is -0.120. The number of primary amides is 1. The summed E-state index contributed by atoms with van der Waals surface area (Å²) >= 11 is 0. The summed E-state index contributed by atoms with van der Waals surface area (Å²) < 4.78 is 41.0. The Balaban J connectivity index is 1.92. The number of hydrogen-bond donors (Lipinski definition) is 2. The Bertz CT molecular complexity index is 1070. The molecule has 9 nitrogen and oxygen atoms in total. The Labute approximate surface area is 180 Å². The number of methoxy groups -OCH3 is 2. The van der Waals surface area contributed by atoms with Crippen LogP contribution in [-0.4, -0.2) is 46.8 Å². The van der Waals surface area contributed by atoms with Crippen molar-refractivity contribution in [2.45, 2.75) is 23.8 Å². The number of fused-ring (bicyclic) bond motifs is 1. The second kappa shape index (κ2) is 9.25. The lowest BCUT2D eigenvalue weighted by Gasteiger charge is -2.20. The van der Waals surface area contributed by atoms with Crippen molar-refractivity contribution in [1.29, 1.82) is 0 Å². The van der Waals surface area contributed by atoms with Gasteiger partial charge in [-0.05, 0) is 36.6 Å². The van der Waals surface area contributed by atoms with Crippen molar-refractivity contribution in [2.24, 2.45) is 5.73 Å².